The van der Waals surface area contributed by atoms with Crippen molar-refractivity contribution in [1.29, 1.82) is 0 Å². The van der Waals surface area contributed by atoms with Crippen molar-refractivity contribution in [3.8, 4) is 0 Å². The van der Waals surface area contributed by atoms with Crippen molar-refractivity contribution in [2.75, 3.05) is 17.2 Å². The predicted molar refractivity (Wildman–Crippen MR) is 109 cm³/mol. The molecule has 3 rings (SSSR count). The van der Waals surface area contributed by atoms with Gasteiger partial charge in [-0.3, -0.25) is 4.79 Å². The largest absolute Gasteiger partial charge is 0.462 e. The van der Waals surface area contributed by atoms with Gasteiger partial charge in [0.25, 0.3) is 0 Å². The second-order valence-electron chi connectivity index (χ2n) is 5.65. The number of carbonyl (C=O) groups is 2. The molecular formula is C19H17ClN4O3S. The molecule has 0 aliphatic carbocycles. The van der Waals surface area contributed by atoms with E-state index in [0.717, 1.165) is 0 Å². The van der Waals surface area contributed by atoms with Crippen LogP contribution < -0.4 is 10.6 Å². The van der Waals surface area contributed by atoms with E-state index in [1.165, 1.54) is 11.3 Å². The fraction of sp³-hybridized carbons (Fsp3) is 0.158. The Morgan fingerprint density at radius 1 is 1.18 bits per heavy atom. The minimum absolute atomic E-state index is 0.131. The zero-order valence-corrected chi connectivity index (χ0v) is 16.5. The summed E-state index contributed by atoms with van der Waals surface area (Å²) in [5.41, 5.74) is 1.67. The Morgan fingerprint density at radius 2 is 1.96 bits per heavy atom. The maximum atomic E-state index is 12.2. The van der Waals surface area contributed by atoms with Crippen LogP contribution in [0.25, 0.3) is 0 Å². The molecule has 2 N–H and O–H groups in total. The number of hydrogen-bond donors (Lipinski definition) is 2. The lowest BCUT2D eigenvalue weighted by atomic mass is 10.2. The molecule has 0 aliphatic heterocycles. The highest BCUT2D eigenvalue weighted by Gasteiger charge is 2.10. The van der Waals surface area contributed by atoms with Gasteiger partial charge in [-0.25, -0.2) is 14.8 Å². The van der Waals surface area contributed by atoms with Crippen molar-refractivity contribution in [3.63, 3.8) is 0 Å². The van der Waals surface area contributed by atoms with Gasteiger partial charge in [0.2, 0.25) is 5.91 Å². The van der Waals surface area contributed by atoms with Crippen molar-refractivity contribution in [2.24, 2.45) is 0 Å². The van der Waals surface area contributed by atoms with Gasteiger partial charge in [0.1, 0.15) is 5.82 Å². The number of anilines is 3. The van der Waals surface area contributed by atoms with E-state index in [1.54, 1.807) is 49.5 Å². The normalized spacial score (nSPS) is 10.4. The molecule has 0 aliphatic rings. The predicted octanol–water partition coefficient (Wildman–Crippen LogP) is 4.29. The molecule has 0 radical (unpaired) electrons. The number of halogens is 1. The molecule has 2 aromatic heterocycles. The van der Waals surface area contributed by atoms with E-state index < -0.39 is 5.97 Å². The Labute approximate surface area is 170 Å². The molecule has 7 nitrogen and oxygen atoms in total. The maximum absolute atomic E-state index is 12.2. The van der Waals surface area contributed by atoms with Crippen LogP contribution in [0.15, 0.2) is 48.0 Å². The monoisotopic (exact) mass is 416 g/mol. The van der Waals surface area contributed by atoms with E-state index >= 15 is 0 Å². The van der Waals surface area contributed by atoms with Crippen molar-refractivity contribution in [3.05, 3.63) is 64.3 Å². The second kappa shape index (κ2) is 9.29. The minimum Gasteiger partial charge on any atom is -0.462 e. The first-order valence-electron chi connectivity index (χ1n) is 8.43. The van der Waals surface area contributed by atoms with Crippen molar-refractivity contribution >= 4 is 51.5 Å². The zero-order valence-electron chi connectivity index (χ0n) is 14.9. The van der Waals surface area contributed by atoms with Crippen LogP contribution in [0.2, 0.25) is 5.02 Å². The maximum Gasteiger partial charge on any atom is 0.338 e. The van der Waals surface area contributed by atoms with E-state index in [1.807, 2.05) is 5.38 Å². The van der Waals surface area contributed by atoms with Crippen molar-refractivity contribution in [1.82, 2.24) is 9.97 Å². The fourth-order valence-electron chi connectivity index (χ4n) is 2.28. The second-order valence-corrected chi connectivity index (χ2v) is 6.95. The SMILES string of the molecule is CCOC(=O)c1ccc(NC(=O)Cc2csc(Nc3ccc(Cl)cn3)n2)cc1. The van der Waals surface area contributed by atoms with Gasteiger partial charge in [0.15, 0.2) is 5.13 Å². The van der Waals surface area contributed by atoms with Crippen LogP contribution in [-0.2, 0) is 16.0 Å². The van der Waals surface area contributed by atoms with Crippen molar-refractivity contribution < 1.29 is 14.3 Å². The highest BCUT2D eigenvalue weighted by Crippen LogP contribution is 2.21. The van der Waals surface area contributed by atoms with Crippen LogP contribution in [-0.4, -0.2) is 28.5 Å². The number of amides is 1. The summed E-state index contributed by atoms with van der Waals surface area (Å²) < 4.78 is 4.93. The van der Waals surface area contributed by atoms with Gasteiger partial charge in [0.05, 0.1) is 29.3 Å². The molecule has 0 saturated carbocycles. The molecular weight excluding hydrogens is 400 g/mol. The molecule has 0 unspecified atom stereocenters. The highest BCUT2D eigenvalue weighted by atomic mass is 35.5. The van der Waals surface area contributed by atoms with Gasteiger partial charge in [-0.2, -0.15) is 0 Å². The Morgan fingerprint density at radius 3 is 2.64 bits per heavy atom. The topological polar surface area (TPSA) is 93.2 Å². The number of pyridine rings is 1. The molecule has 0 bridgehead atoms. The average Bonchev–Trinajstić information content (AvgIpc) is 3.11. The molecule has 0 fully saturated rings. The average molecular weight is 417 g/mol. The Balaban J connectivity index is 1.54. The van der Waals surface area contributed by atoms with Gasteiger partial charge in [0, 0.05) is 17.3 Å². The Kier molecular flexibility index (Phi) is 6.57. The number of hydrogen-bond acceptors (Lipinski definition) is 7. The lowest BCUT2D eigenvalue weighted by Crippen LogP contribution is -2.14. The van der Waals surface area contributed by atoms with Gasteiger partial charge in [-0.1, -0.05) is 11.6 Å². The summed E-state index contributed by atoms with van der Waals surface area (Å²) in [6, 6.07) is 10.0. The van der Waals surface area contributed by atoms with Crippen LogP contribution in [0, 0.1) is 0 Å². The molecule has 0 saturated heterocycles. The minimum atomic E-state index is -0.391. The zero-order chi connectivity index (χ0) is 19.9. The highest BCUT2D eigenvalue weighted by molar-refractivity contribution is 7.13. The number of esters is 1. The lowest BCUT2D eigenvalue weighted by Gasteiger charge is -2.06. The summed E-state index contributed by atoms with van der Waals surface area (Å²) >= 11 is 7.19. The summed E-state index contributed by atoms with van der Waals surface area (Å²) in [7, 11) is 0. The summed E-state index contributed by atoms with van der Waals surface area (Å²) in [5, 5.41) is 8.84. The molecule has 144 valence electrons. The van der Waals surface area contributed by atoms with Crippen molar-refractivity contribution in [2.45, 2.75) is 13.3 Å². The summed E-state index contributed by atoms with van der Waals surface area (Å²) in [5.74, 6) is 0.0276. The molecule has 0 spiro atoms. The number of carbonyl (C=O) groups excluding carboxylic acids is 2. The first-order chi connectivity index (χ1) is 13.5. The Hall–Kier alpha value is -2.97. The molecule has 1 aromatic carbocycles. The van der Waals surface area contributed by atoms with Crippen LogP contribution in [0.1, 0.15) is 23.0 Å². The molecule has 3 aromatic rings. The van der Waals surface area contributed by atoms with Gasteiger partial charge in [-0.05, 0) is 43.3 Å². The number of nitrogens with one attached hydrogen (secondary N) is 2. The standard InChI is InChI=1S/C19H17ClN4O3S/c1-2-27-18(26)12-3-6-14(7-4-12)22-17(25)9-15-11-28-19(23-15)24-16-8-5-13(20)10-21-16/h3-8,10-11H,2,9H2,1H3,(H,22,25)(H,21,23,24). The molecule has 9 heteroatoms. The third-order valence-corrected chi connectivity index (χ3v) is 4.57. The van der Waals surface area contributed by atoms with Crippen LogP contribution in [0.4, 0.5) is 16.6 Å². The Bertz CT molecular complexity index is 958. The third kappa shape index (κ3) is 5.51. The van der Waals surface area contributed by atoms with Crippen LogP contribution in [0.5, 0.6) is 0 Å². The molecule has 1 amide bonds. The van der Waals surface area contributed by atoms with Gasteiger partial charge >= 0.3 is 5.97 Å². The van der Waals surface area contributed by atoms with E-state index in [0.29, 0.717) is 39.5 Å². The number of benzene rings is 1. The number of aromatic nitrogens is 2. The quantitative estimate of drug-likeness (QED) is 0.558. The first-order valence-corrected chi connectivity index (χ1v) is 9.69. The third-order valence-electron chi connectivity index (χ3n) is 3.54. The van der Waals surface area contributed by atoms with E-state index in [4.69, 9.17) is 16.3 Å². The first kappa shape index (κ1) is 19.8. The van der Waals surface area contributed by atoms with E-state index in [9.17, 15) is 9.59 Å². The smallest absolute Gasteiger partial charge is 0.338 e. The van der Waals surface area contributed by atoms with E-state index in [2.05, 4.69) is 20.6 Å². The van der Waals surface area contributed by atoms with Gasteiger partial charge < -0.3 is 15.4 Å². The van der Waals surface area contributed by atoms with Crippen LogP contribution >= 0.6 is 22.9 Å². The lowest BCUT2D eigenvalue weighted by molar-refractivity contribution is -0.115. The summed E-state index contributed by atoms with van der Waals surface area (Å²) in [6.07, 6.45) is 1.67. The summed E-state index contributed by atoms with van der Waals surface area (Å²) in [4.78, 5) is 32.4. The number of thiazole rings is 1. The molecule has 2 heterocycles. The molecule has 28 heavy (non-hydrogen) atoms. The number of rotatable bonds is 7. The van der Waals surface area contributed by atoms with E-state index in [-0.39, 0.29) is 12.3 Å². The van der Waals surface area contributed by atoms with Gasteiger partial charge in [-0.15, -0.1) is 11.3 Å². The fourth-order valence-corrected chi connectivity index (χ4v) is 3.11. The summed E-state index contributed by atoms with van der Waals surface area (Å²) in [6.45, 7) is 2.06. The number of nitrogens with zero attached hydrogens (tertiary/aromatic N) is 2. The van der Waals surface area contributed by atoms with Crippen LogP contribution in [0.3, 0.4) is 0 Å². The molecule has 0 atom stereocenters. The number of ether oxygens (including phenoxy) is 1.